The normalized spacial score (nSPS) is 12.0. The zero-order valence-electron chi connectivity index (χ0n) is 47.3. The highest BCUT2D eigenvalue weighted by Gasteiger charge is 2.19. The topological polar surface area (TPSA) is 78.9 Å². The first-order valence-electron chi connectivity index (χ1n) is 31.4. The smallest absolute Gasteiger partial charge is 0.306 e. The fourth-order valence-electron chi connectivity index (χ4n) is 9.81. The highest BCUT2D eigenvalue weighted by atomic mass is 16.6. The van der Waals surface area contributed by atoms with E-state index in [0.717, 1.165) is 63.7 Å². The lowest BCUT2D eigenvalue weighted by atomic mass is 10.0. The Bertz CT molecular complexity index is 1040. The standard InChI is InChI=1S/C63H122O6/c1-5-7-9-11-13-15-17-19-21-22-23-27-31-35-39-43-47-51-55-62(65)68-58-60(57-67-61(64)54-50-46-42-38-34-30-20-18-16-14-12-10-8-6-2)69-63(66)56-52-48-44-40-36-32-28-25-24-26-29-33-37-41-45-49-53-59(3)4/h59-60H,5-58H2,1-4H3/t60-/m0/s1. The molecular weight excluding hydrogens is 853 g/mol. The summed E-state index contributed by atoms with van der Waals surface area (Å²) in [4.78, 5) is 38.3. The van der Waals surface area contributed by atoms with Crippen LogP contribution in [0.2, 0.25) is 0 Å². The molecule has 0 unspecified atom stereocenters. The van der Waals surface area contributed by atoms with Gasteiger partial charge in [-0.25, -0.2) is 0 Å². The SMILES string of the molecule is CCCCCCCCCCCCCCCCCCCCC(=O)OC[C@H](COC(=O)CCCCCCCCCCCCCCCC)OC(=O)CCCCCCCCCCCCCCCCCCC(C)C. The Kier molecular flexibility index (Phi) is 56.0. The van der Waals surface area contributed by atoms with Crippen LogP contribution in [0.3, 0.4) is 0 Å². The summed E-state index contributed by atoms with van der Waals surface area (Å²) in [5.41, 5.74) is 0. The summed E-state index contributed by atoms with van der Waals surface area (Å²) in [7, 11) is 0. The van der Waals surface area contributed by atoms with Gasteiger partial charge in [0.2, 0.25) is 0 Å². The van der Waals surface area contributed by atoms with E-state index in [1.165, 1.54) is 257 Å². The lowest BCUT2D eigenvalue weighted by Gasteiger charge is -2.18. The van der Waals surface area contributed by atoms with Gasteiger partial charge in [-0.05, 0) is 25.2 Å². The van der Waals surface area contributed by atoms with Crippen LogP contribution in [0.15, 0.2) is 0 Å². The van der Waals surface area contributed by atoms with Crippen molar-refractivity contribution in [3.63, 3.8) is 0 Å². The van der Waals surface area contributed by atoms with E-state index in [0.29, 0.717) is 19.3 Å². The Hall–Kier alpha value is -1.59. The van der Waals surface area contributed by atoms with Crippen LogP contribution in [0.5, 0.6) is 0 Å². The van der Waals surface area contributed by atoms with Crippen molar-refractivity contribution in [1.82, 2.24) is 0 Å². The number of ether oxygens (including phenoxy) is 3. The minimum atomic E-state index is -0.762. The average Bonchev–Trinajstić information content (AvgIpc) is 3.34. The third-order valence-electron chi connectivity index (χ3n) is 14.5. The maximum atomic E-state index is 12.9. The van der Waals surface area contributed by atoms with Crippen LogP contribution < -0.4 is 0 Å². The predicted molar refractivity (Wildman–Crippen MR) is 298 cm³/mol. The summed E-state index contributed by atoms with van der Waals surface area (Å²) in [6, 6.07) is 0. The molecule has 0 fully saturated rings. The molecule has 0 heterocycles. The summed E-state index contributed by atoms with van der Waals surface area (Å²) in [5.74, 6) is 0.0233. The molecular formula is C63H122O6. The molecule has 0 saturated carbocycles. The van der Waals surface area contributed by atoms with Gasteiger partial charge in [-0.15, -0.1) is 0 Å². The first-order chi connectivity index (χ1) is 33.9. The van der Waals surface area contributed by atoms with Crippen LogP contribution in [-0.2, 0) is 28.6 Å². The van der Waals surface area contributed by atoms with Gasteiger partial charge in [0.25, 0.3) is 0 Å². The first-order valence-corrected chi connectivity index (χ1v) is 31.4. The highest BCUT2D eigenvalue weighted by Crippen LogP contribution is 2.19. The Morgan fingerprint density at radius 3 is 0.710 bits per heavy atom. The van der Waals surface area contributed by atoms with Crippen LogP contribution in [0.4, 0.5) is 0 Å². The van der Waals surface area contributed by atoms with E-state index in [-0.39, 0.29) is 31.1 Å². The third kappa shape index (κ3) is 57.2. The van der Waals surface area contributed by atoms with Crippen molar-refractivity contribution in [3.8, 4) is 0 Å². The van der Waals surface area contributed by atoms with Crippen LogP contribution in [0.25, 0.3) is 0 Å². The molecule has 0 rings (SSSR count). The van der Waals surface area contributed by atoms with Gasteiger partial charge in [-0.1, -0.05) is 323 Å². The Morgan fingerprint density at radius 2 is 0.478 bits per heavy atom. The fraction of sp³-hybridized carbons (Fsp3) is 0.952. The van der Waals surface area contributed by atoms with Crippen LogP contribution in [0, 0.1) is 5.92 Å². The third-order valence-corrected chi connectivity index (χ3v) is 14.5. The molecule has 0 aliphatic rings. The maximum Gasteiger partial charge on any atom is 0.306 e. The summed E-state index contributed by atoms with van der Waals surface area (Å²) < 4.78 is 16.9. The molecule has 1 atom stereocenters. The summed E-state index contributed by atoms with van der Waals surface area (Å²) in [6.07, 6.45) is 63.8. The van der Waals surface area contributed by atoms with E-state index in [2.05, 4.69) is 27.7 Å². The van der Waals surface area contributed by atoms with Gasteiger partial charge in [-0.2, -0.15) is 0 Å². The van der Waals surface area contributed by atoms with Crippen LogP contribution in [-0.4, -0.2) is 37.2 Å². The molecule has 0 N–H and O–H groups in total. The van der Waals surface area contributed by atoms with Gasteiger partial charge >= 0.3 is 17.9 Å². The zero-order valence-corrected chi connectivity index (χ0v) is 47.3. The van der Waals surface area contributed by atoms with Gasteiger partial charge in [-0.3, -0.25) is 14.4 Å². The van der Waals surface area contributed by atoms with E-state index in [4.69, 9.17) is 14.2 Å². The number of carbonyl (C=O) groups excluding carboxylic acids is 3. The van der Waals surface area contributed by atoms with E-state index in [1.54, 1.807) is 0 Å². The van der Waals surface area contributed by atoms with Crippen molar-refractivity contribution in [2.24, 2.45) is 5.92 Å². The second kappa shape index (κ2) is 57.3. The molecule has 0 aromatic carbocycles. The molecule has 0 radical (unpaired) electrons. The fourth-order valence-corrected chi connectivity index (χ4v) is 9.81. The van der Waals surface area contributed by atoms with Crippen molar-refractivity contribution >= 4 is 17.9 Å². The summed E-state index contributed by atoms with van der Waals surface area (Å²) >= 11 is 0. The Labute approximate surface area is 431 Å². The molecule has 6 nitrogen and oxygen atoms in total. The molecule has 0 bridgehead atoms. The van der Waals surface area contributed by atoms with Crippen molar-refractivity contribution < 1.29 is 28.6 Å². The Morgan fingerprint density at radius 1 is 0.275 bits per heavy atom. The lowest BCUT2D eigenvalue weighted by Crippen LogP contribution is -2.30. The minimum absolute atomic E-state index is 0.0612. The number of esters is 3. The van der Waals surface area contributed by atoms with Crippen LogP contribution >= 0.6 is 0 Å². The number of hydrogen-bond acceptors (Lipinski definition) is 6. The van der Waals surface area contributed by atoms with Crippen molar-refractivity contribution in [2.45, 2.75) is 368 Å². The van der Waals surface area contributed by atoms with E-state index < -0.39 is 6.10 Å². The van der Waals surface area contributed by atoms with Gasteiger partial charge in [0.15, 0.2) is 6.10 Å². The van der Waals surface area contributed by atoms with Crippen molar-refractivity contribution in [1.29, 1.82) is 0 Å². The van der Waals surface area contributed by atoms with E-state index >= 15 is 0 Å². The largest absolute Gasteiger partial charge is 0.462 e. The molecule has 0 amide bonds. The number of unbranched alkanes of at least 4 members (excludes halogenated alkanes) is 45. The lowest BCUT2D eigenvalue weighted by molar-refractivity contribution is -0.167. The minimum Gasteiger partial charge on any atom is -0.462 e. The predicted octanol–water partition coefficient (Wildman–Crippen LogP) is 21.0. The molecule has 69 heavy (non-hydrogen) atoms. The average molecular weight is 976 g/mol. The maximum absolute atomic E-state index is 12.9. The number of carbonyl (C=O) groups is 3. The van der Waals surface area contributed by atoms with E-state index in [1.807, 2.05) is 0 Å². The zero-order chi connectivity index (χ0) is 50.2. The van der Waals surface area contributed by atoms with Gasteiger partial charge in [0.05, 0.1) is 0 Å². The monoisotopic (exact) mass is 975 g/mol. The van der Waals surface area contributed by atoms with Crippen molar-refractivity contribution in [3.05, 3.63) is 0 Å². The van der Waals surface area contributed by atoms with Gasteiger partial charge in [0.1, 0.15) is 13.2 Å². The summed E-state index contributed by atoms with van der Waals surface area (Å²) in [6.45, 7) is 9.09. The molecule has 0 aliphatic carbocycles. The van der Waals surface area contributed by atoms with E-state index in [9.17, 15) is 14.4 Å². The molecule has 0 saturated heterocycles. The molecule has 410 valence electrons. The molecule has 0 aromatic heterocycles. The Balaban J connectivity index is 4.27. The van der Waals surface area contributed by atoms with Crippen molar-refractivity contribution in [2.75, 3.05) is 13.2 Å². The number of rotatable bonds is 58. The first kappa shape index (κ1) is 67.4. The summed E-state index contributed by atoms with van der Waals surface area (Å²) in [5, 5.41) is 0. The van der Waals surface area contributed by atoms with Crippen LogP contribution in [0.1, 0.15) is 362 Å². The number of hydrogen-bond donors (Lipinski definition) is 0. The molecule has 6 heteroatoms. The second-order valence-electron chi connectivity index (χ2n) is 22.2. The quantitative estimate of drug-likeness (QED) is 0.0343. The molecule has 0 aliphatic heterocycles. The highest BCUT2D eigenvalue weighted by molar-refractivity contribution is 5.71. The second-order valence-corrected chi connectivity index (χ2v) is 22.2. The molecule has 0 aromatic rings. The molecule has 0 spiro atoms. The van der Waals surface area contributed by atoms with Gasteiger partial charge in [0, 0.05) is 19.3 Å². The van der Waals surface area contributed by atoms with Gasteiger partial charge < -0.3 is 14.2 Å².